The van der Waals surface area contributed by atoms with Crippen LogP contribution in [0.15, 0.2) is 103 Å². The van der Waals surface area contributed by atoms with Crippen molar-refractivity contribution in [2.75, 3.05) is 12.4 Å². The Labute approximate surface area is 171 Å². The molecular formula is C25H24O2S. The average Bonchev–Trinajstić information content (AvgIpc) is 2.75. The molecular weight excluding hydrogens is 364 g/mol. The zero-order chi connectivity index (χ0) is 19.8. The number of carbonyl (C=O) groups excluding carboxylic acids is 1. The molecule has 0 saturated carbocycles. The molecule has 3 rings (SSSR count). The van der Waals surface area contributed by atoms with Gasteiger partial charge in [-0.05, 0) is 23.6 Å². The Morgan fingerprint density at radius 2 is 1.21 bits per heavy atom. The first-order valence-corrected chi connectivity index (χ1v) is 10.3. The molecule has 3 aromatic rings. The van der Waals surface area contributed by atoms with Gasteiger partial charge in [-0.15, -0.1) is 11.8 Å². The summed E-state index contributed by atoms with van der Waals surface area (Å²) in [6.45, 7) is 5.65. The highest BCUT2D eigenvalue weighted by Gasteiger charge is 2.36. The van der Waals surface area contributed by atoms with Gasteiger partial charge in [0.25, 0.3) is 0 Å². The third kappa shape index (κ3) is 4.37. The molecule has 0 fully saturated rings. The quantitative estimate of drug-likeness (QED) is 0.210. The number of hydrogen-bond acceptors (Lipinski definition) is 3. The van der Waals surface area contributed by atoms with E-state index in [9.17, 15) is 4.79 Å². The molecule has 0 amide bonds. The summed E-state index contributed by atoms with van der Waals surface area (Å²) in [5.74, 6) is 0.322. The SMILES string of the molecule is C=C(C)C(=O)OCCSC(c1ccccc1)(c1ccccc1)c1ccccc1. The smallest absolute Gasteiger partial charge is 0.333 e. The van der Waals surface area contributed by atoms with Gasteiger partial charge in [0.2, 0.25) is 0 Å². The number of carbonyl (C=O) groups is 1. The van der Waals surface area contributed by atoms with Crippen molar-refractivity contribution in [3.05, 3.63) is 120 Å². The molecule has 0 atom stereocenters. The van der Waals surface area contributed by atoms with Crippen molar-refractivity contribution in [1.82, 2.24) is 0 Å². The van der Waals surface area contributed by atoms with E-state index in [-0.39, 0.29) is 10.7 Å². The summed E-state index contributed by atoms with van der Waals surface area (Å²) in [7, 11) is 0. The van der Waals surface area contributed by atoms with Crippen molar-refractivity contribution in [2.24, 2.45) is 0 Å². The molecule has 0 saturated heterocycles. The maximum Gasteiger partial charge on any atom is 0.333 e. The molecule has 0 bridgehead atoms. The highest BCUT2D eigenvalue weighted by Crippen LogP contribution is 2.48. The number of hydrogen-bond donors (Lipinski definition) is 0. The van der Waals surface area contributed by atoms with Crippen LogP contribution < -0.4 is 0 Å². The van der Waals surface area contributed by atoms with Crippen LogP contribution in [0.3, 0.4) is 0 Å². The molecule has 28 heavy (non-hydrogen) atoms. The molecule has 0 spiro atoms. The second-order valence-corrected chi connectivity index (χ2v) is 7.85. The lowest BCUT2D eigenvalue weighted by Crippen LogP contribution is -2.27. The zero-order valence-corrected chi connectivity index (χ0v) is 16.8. The Morgan fingerprint density at radius 3 is 1.57 bits per heavy atom. The van der Waals surface area contributed by atoms with E-state index in [1.165, 1.54) is 16.7 Å². The standard InChI is InChI=1S/C25H24O2S/c1-20(2)24(26)27-18-19-28-25(21-12-6-3-7-13-21,22-14-8-4-9-15-22)23-16-10-5-11-17-23/h3-17H,1,18-19H2,2H3. The van der Waals surface area contributed by atoms with E-state index < -0.39 is 0 Å². The molecule has 0 N–H and O–H groups in total. The highest BCUT2D eigenvalue weighted by atomic mass is 32.2. The predicted molar refractivity (Wildman–Crippen MR) is 117 cm³/mol. The Morgan fingerprint density at radius 1 is 0.821 bits per heavy atom. The Hall–Kier alpha value is -2.78. The fourth-order valence-electron chi connectivity index (χ4n) is 3.22. The molecule has 0 aliphatic heterocycles. The summed E-state index contributed by atoms with van der Waals surface area (Å²) < 4.78 is 4.96. The Kier molecular flexibility index (Phi) is 6.72. The average molecular weight is 389 g/mol. The van der Waals surface area contributed by atoms with Gasteiger partial charge in [-0.25, -0.2) is 4.79 Å². The molecule has 3 heteroatoms. The van der Waals surface area contributed by atoms with Gasteiger partial charge in [0.1, 0.15) is 6.61 Å². The maximum atomic E-state index is 11.7. The summed E-state index contributed by atoms with van der Waals surface area (Å²) >= 11 is 1.78. The van der Waals surface area contributed by atoms with Crippen LogP contribution in [0.5, 0.6) is 0 Å². The van der Waals surface area contributed by atoms with Gasteiger partial charge in [-0.1, -0.05) is 97.6 Å². The van der Waals surface area contributed by atoms with Gasteiger partial charge in [-0.3, -0.25) is 0 Å². The monoisotopic (exact) mass is 388 g/mol. The largest absolute Gasteiger partial charge is 0.461 e. The molecule has 0 aliphatic carbocycles. The first-order chi connectivity index (χ1) is 13.6. The minimum Gasteiger partial charge on any atom is -0.461 e. The minimum atomic E-state index is -0.389. The fourth-order valence-corrected chi connectivity index (χ4v) is 4.60. The van der Waals surface area contributed by atoms with Crippen molar-refractivity contribution < 1.29 is 9.53 Å². The number of benzene rings is 3. The van der Waals surface area contributed by atoms with Crippen molar-refractivity contribution in [3.8, 4) is 0 Å². The van der Waals surface area contributed by atoms with Gasteiger partial charge in [0, 0.05) is 11.3 Å². The van der Waals surface area contributed by atoms with Crippen molar-refractivity contribution in [2.45, 2.75) is 11.7 Å². The first kappa shape index (κ1) is 20.0. The molecule has 0 heterocycles. The van der Waals surface area contributed by atoms with Crippen LogP contribution in [0.25, 0.3) is 0 Å². The van der Waals surface area contributed by atoms with Gasteiger partial charge in [0.15, 0.2) is 0 Å². The summed E-state index contributed by atoms with van der Waals surface area (Å²) in [6, 6.07) is 31.5. The summed E-state index contributed by atoms with van der Waals surface area (Å²) in [4.78, 5) is 11.7. The van der Waals surface area contributed by atoms with Crippen LogP contribution in [-0.4, -0.2) is 18.3 Å². The van der Waals surface area contributed by atoms with Crippen molar-refractivity contribution >= 4 is 17.7 Å². The van der Waals surface area contributed by atoms with Gasteiger partial charge >= 0.3 is 5.97 Å². The van der Waals surface area contributed by atoms with Crippen LogP contribution in [0, 0.1) is 0 Å². The van der Waals surface area contributed by atoms with E-state index in [1.807, 2.05) is 18.2 Å². The van der Waals surface area contributed by atoms with Crippen LogP contribution in [0.2, 0.25) is 0 Å². The normalized spacial score (nSPS) is 11.0. The fraction of sp³-hybridized carbons (Fsp3) is 0.160. The second-order valence-electron chi connectivity index (χ2n) is 6.54. The zero-order valence-electron chi connectivity index (χ0n) is 16.0. The molecule has 0 radical (unpaired) electrons. The van der Waals surface area contributed by atoms with Crippen LogP contribution in [-0.2, 0) is 14.3 Å². The second kappa shape index (κ2) is 9.43. The highest BCUT2D eigenvalue weighted by molar-refractivity contribution is 8.00. The lowest BCUT2D eigenvalue weighted by Gasteiger charge is -2.35. The maximum absolute atomic E-state index is 11.7. The Balaban J connectivity index is 2.01. The molecule has 142 valence electrons. The number of ether oxygens (including phenoxy) is 1. The molecule has 3 aromatic carbocycles. The topological polar surface area (TPSA) is 26.3 Å². The molecule has 0 unspecified atom stereocenters. The molecule has 2 nitrogen and oxygen atoms in total. The van der Waals surface area contributed by atoms with E-state index in [0.29, 0.717) is 17.9 Å². The minimum absolute atomic E-state index is 0.338. The predicted octanol–water partition coefficient (Wildman–Crippen LogP) is 5.83. The number of thioether (sulfide) groups is 1. The van der Waals surface area contributed by atoms with E-state index >= 15 is 0 Å². The summed E-state index contributed by atoms with van der Waals surface area (Å²) in [5, 5.41) is 0. The van der Waals surface area contributed by atoms with Crippen LogP contribution in [0.1, 0.15) is 23.6 Å². The summed E-state index contributed by atoms with van der Waals surface area (Å²) in [6.07, 6.45) is 0. The van der Waals surface area contributed by atoms with E-state index in [4.69, 9.17) is 4.74 Å². The van der Waals surface area contributed by atoms with Crippen molar-refractivity contribution in [3.63, 3.8) is 0 Å². The van der Waals surface area contributed by atoms with Gasteiger partial charge in [0.05, 0.1) is 4.75 Å². The third-order valence-corrected chi connectivity index (χ3v) is 6.04. The number of esters is 1. The lowest BCUT2D eigenvalue weighted by atomic mass is 9.84. The molecule has 0 aromatic heterocycles. The lowest BCUT2D eigenvalue weighted by molar-refractivity contribution is -0.138. The van der Waals surface area contributed by atoms with E-state index in [2.05, 4.69) is 79.4 Å². The third-order valence-electron chi connectivity index (χ3n) is 4.52. The Bertz CT molecular complexity index is 808. The first-order valence-electron chi connectivity index (χ1n) is 9.28. The van der Waals surface area contributed by atoms with E-state index in [0.717, 1.165) is 0 Å². The van der Waals surface area contributed by atoms with Crippen LogP contribution in [0.4, 0.5) is 0 Å². The summed E-state index contributed by atoms with van der Waals surface area (Å²) in [5.41, 5.74) is 4.02. The van der Waals surface area contributed by atoms with Gasteiger partial charge in [-0.2, -0.15) is 0 Å². The molecule has 0 aliphatic rings. The van der Waals surface area contributed by atoms with Crippen molar-refractivity contribution in [1.29, 1.82) is 0 Å². The van der Waals surface area contributed by atoms with Crippen LogP contribution >= 0.6 is 11.8 Å². The number of rotatable bonds is 8. The van der Waals surface area contributed by atoms with E-state index in [1.54, 1.807) is 18.7 Å². The van der Waals surface area contributed by atoms with Gasteiger partial charge < -0.3 is 4.74 Å².